The summed E-state index contributed by atoms with van der Waals surface area (Å²) in [4.78, 5) is 11.4. The molecule has 1 aliphatic rings. The van der Waals surface area contributed by atoms with E-state index in [1.54, 1.807) is 0 Å². The minimum absolute atomic E-state index is 0.279. The number of carboxylic acid groups (broad SMARTS) is 1. The SMILES string of the molecule is O=C(O)C(NC1CCCNCC1)c1ccccc1. The van der Waals surface area contributed by atoms with Crippen molar-refractivity contribution in [1.82, 2.24) is 10.6 Å². The van der Waals surface area contributed by atoms with Crippen molar-refractivity contribution in [3.63, 3.8) is 0 Å². The summed E-state index contributed by atoms with van der Waals surface area (Å²) in [7, 11) is 0. The van der Waals surface area contributed by atoms with Gasteiger partial charge in [-0.1, -0.05) is 30.3 Å². The summed E-state index contributed by atoms with van der Waals surface area (Å²) in [6.07, 6.45) is 3.11. The molecular weight excluding hydrogens is 228 g/mol. The highest BCUT2D eigenvalue weighted by Crippen LogP contribution is 2.16. The van der Waals surface area contributed by atoms with Crippen molar-refractivity contribution in [2.45, 2.75) is 31.3 Å². The highest BCUT2D eigenvalue weighted by molar-refractivity contribution is 5.75. The molecule has 0 amide bonds. The van der Waals surface area contributed by atoms with Crippen molar-refractivity contribution in [1.29, 1.82) is 0 Å². The lowest BCUT2D eigenvalue weighted by molar-refractivity contribution is -0.139. The highest BCUT2D eigenvalue weighted by atomic mass is 16.4. The van der Waals surface area contributed by atoms with E-state index in [0.717, 1.165) is 37.9 Å². The zero-order chi connectivity index (χ0) is 12.8. The molecule has 18 heavy (non-hydrogen) atoms. The summed E-state index contributed by atoms with van der Waals surface area (Å²) in [6.45, 7) is 1.99. The fourth-order valence-corrected chi connectivity index (χ4v) is 2.38. The zero-order valence-corrected chi connectivity index (χ0v) is 10.4. The predicted octanol–water partition coefficient (Wildman–Crippen LogP) is 1.54. The number of aliphatic carboxylic acids is 1. The van der Waals surface area contributed by atoms with Gasteiger partial charge in [0.15, 0.2) is 0 Å². The summed E-state index contributed by atoms with van der Waals surface area (Å²) in [5.41, 5.74) is 0.821. The van der Waals surface area contributed by atoms with E-state index in [0.29, 0.717) is 0 Å². The standard InChI is InChI=1S/C14H20N2O2/c17-14(18)13(11-5-2-1-3-6-11)16-12-7-4-9-15-10-8-12/h1-3,5-6,12-13,15-16H,4,7-10H2,(H,17,18). The number of rotatable bonds is 4. The number of benzene rings is 1. The molecule has 1 aromatic carbocycles. The van der Waals surface area contributed by atoms with Crippen molar-refractivity contribution < 1.29 is 9.90 Å². The molecule has 4 heteroatoms. The molecule has 1 aliphatic heterocycles. The Bertz CT molecular complexity index is 373. The van der Waals surface area contributed by atoms with Gasteiger partial charge in [-0.15, -0.1) is 0 Å². The molecule has 2 atom stereocenters. The number of carboxylic acids is 1. The fraction of sp³-hybridized carbons (Fsp3) is 0.500. The van der Waals surface area contributed by atoms with E-state index in [9.17, 15) is 9.90 Å². The van der Waals surface area contributed by atoms with Crippen LogP contribution in [0.1, 0.15) is 30.9 Å². The predicted molar refractivity (Wildman–Crippen MR) is 70.5 cm³/mol. The van der Waals surface area contributed by atoms with Crippen molar-refractivity contribution in [2.24, 2.45) is 0 Å². The monoisotopic (exact) mass is 248 g/mol. The first-order valence-corrected chi connectivity index (χ1v) is 6.52. The Labute approximate surface area is 107 Å². The van der Waals surface area contributed by atoms with Gasteiger partial charge in [0.25, 0.3) is 0 Å². The van der Waals surface area contributed by atoms with Gasteiger partial charge in [0.05, 0.1) is 0 Å². The maximum Gasteiger partial charge on any atom is 0.325 e. The van der Waals surface area contributed by atoms with Crippen LogP contribution in [0.2, 0.25) is 0 Å². The van der Waals surface area contributed by atoms with Gasteiger partial charge < -0.3 is 10.4 Å². The van der Waals surface area contributed by atoms with Crippen LogP contribution in [-0.2, 0) is 4.79 Å². The lowest BCUT2D eigenvalue weighted by atomic mass is 10.0. The van der Waals surface area contributed by atoms with Crippen molar-refractivity contribution in [3.8, 4) is 0 Å². The number of hydrogen-bond acceptors (Lipinski definition) is 3. The van der Waals surface area contributed by atoms with Crippen LogP contribution < -0.4 is 10.6 Å². The van der Waals surface area contributed by atoms with Crippen molar-refractivity contribution in [3.05, 3.63) is 35.9 Å². The van der Waals surface area contributed by atoms with Crippen LogP contribution in [0.4, 0.5) is 0 Å². The largest absolute Gasteiger partial charge is 0.480 e. The first-order valence-electron chi connectivity index (χ1n) is 6.52. The van der Waals surface area contributed by atoms with E-state index in [-0.39, 0.29) is 6.04 Å². The van der Waals surface area contributed by atoms with Gasteiger partial charge >= 0.3 is 5.97 Å². The van der Waals surface area contributed by atoms with Crippen LogP contribution >= 0.6 is 0 Å². The lowest BCUT2D eigenvalue weighted by Gasteiger charge is -2.22. The summed E-state index contributed by atoms with van der Waals surface area (Å²) >= 11 is 0. The van der Waals surface area contributed by atoms with Crippen LogP contribution in [0.25, 0.3) is 0 Å². The molecule has 1 saturated heterocycles. The maximum atomic E-state index is 11.4. The van der Waals surface area contributed by atoms with Gasteiger partial charge in [-0.2, -0.15) is 0 Å². The third-order valence-electron chi connectivity index (χ3n) is 3.36. The summed E-state index contributed by atoms with van der Waals surface area (Å²) in [6, 6.07) is 9.05. The molecule has 0 bridgehead atoms. The molecule has 2 unspecified atom stereocenters. The smallest absolute Gasteiger partial charge is 0.325 e. The Hall–Kier alpha value is -1.39. The third kappa shape index (κ3) is 3.55. The first-order chi connectivity index (χ1) is 8.77. The van der Waals surface area contributed by atoms with E-state index in [2.05, 4.69) is 10.6 Å². The number of carbonyl (C=O) groups is 1. The molecule has 2 rings (SSSR count). The van der Waals surface area contributed by atoms with E-state index in [1.807, 2.05) is 30.3 Å². The first kappa shape index (κ1) is 13.1. The number of hydrogen-bond donors (Lipinski definition) is 3. The van der Waals surface area contributed by atoms with E-state index >= 15 is 0 Å². The van der Waals surface area contributed by atoms with Crippen molar-refractivity contribution >= 4 is 5.97 Å². The molecule has 3 N–H and O–H groups in total. The summed E-state index contributed by atoms with van der Waals surface area (Å²) in [5.74, 6) is -0.807. The molecule has 0 aromatic heterocycles. The third-order valence-corrected chi connectivity index (χ3v) is 3.36. The average Bonchev–Trinajstić information content (AvgIpc) is 2.65. The molecule has 4 nitrogen and oxygen atoms in total. The van der Waals surface area contributed by atoms with E-state index in [1.165, 1.54) is 0 Å². The minimum Gasteiger partial charge on any atom is -0.480 e. The Kier molecular flexibility index (Phi) is 4.73. The van der Waals surface area contributed by atoms with Crippen LogP contribution in [0, 0.1) is 0 Å². The maximum absolute atomic E-state index is 11.4. The quantitative estimate of drug-likeness (QED) is 0.756. The summed E-state index contributed by atoms with van der Waals surface area (Å²) in [5, 5.41) is 16.0. The second-order valence-electron chi connectivity index (χ2n) is 4.73. The molecule has 1 aromatic rings. The zero-order valence-electron chi connectivity index (χ0n) is 10.4. The van der Waals surface area contributed by atoms with Crippen LogP contribution in [0.5, 0.6) is 0 Å². The Balaban J connectivity index is 2.04. The van der Waals surface area contributed by atoms with E-state index in [4.69, 9.17) is 0 Å². The Morgan fingerprint density at radius 2 is 2.06 bits per heavy atom. The molecule has 0 spiro atoms. The topological polar surface area (TPSA) is 61.4 Å². The number of nitrogens with one attached hydrogen (secondary N) is 2. The normalized spacial score (nSPS) is 22.1. The highest BCUT2D eigenvalue weighted by Gasteiger charge is 2.23. The second-order valence-corrected chi connectivity index (χ2v) is 4.73. The van der Waals surface area contributed by atoms with Gasteiger partial charge in [-0.25, -0.2) is 0 Å². The summed E-state index contributed by atoms with van der Waals surface area (Å²) < 4.78 is 0. The van der Waals surface area contributed by atoms with Crippen LogP contribution in [-0.4, -0.2) is 30.2 Å². The van der Waals surface area contributed by atoms with Crippen molar-refractivity contribution in [2.75, 3.05) is 13.1 Å². The van der Waals surface area contributed by atoms with Gasteiger partial charge in [0.2, 0.25) is 0 Å². The van der Waals surface area contributed by atoms with Gasteiger partial charge in [0, 0.05) is 6.04 Å². The average molecular weight is 248 g/mol. The van der Waals surface area contributed by atoms with Crippen LogP contribution in [0.3, 0.4) is 0 Å². The van der Waals surface area contributed by atoms with E-state index < -0.39 is 12.0 Å². The molecule has 0 aliphatic carbocycles. The Morgan fingerprint density at radius 3 is 2.78 bits per heavy atom. The minimum atomic E-state index is -0.807. The second kappa shape index (κ2) is 6.52. The van der Waals surface area contributed by atoms with Crippen LogP contribution in [0.15, 0.2) is 30.3 Å². The van der Waals surface area contributed by atoms with Gasteiger partial charge in [-0.05, 0) is 37.9 Å². The molecule has 0 radical (unpaired) electrons. The molecule has 98 valence electrons. The fourth-order valence-electron chi connectivity index (χ4n) is 2.38. The lowest BCUT2D eigenvalue weighted by Crippen LogP contribution is -2.37. The molecule has 1 heterocycles. The molecule has 1 fully saturated rings. The molecular formula is C14H20N2O2. The van der Waals surface area contributed by atoms with Gasteiger partial charge in [0.1, 0.15) is 6.04 Å². The van der Waals surface area contributed by atoms with Gasteiger partial charge in [-0.3, -0.25) is 10.1 Å². The Morgan fingerprint density at radius 1 is 1.28 bits per heavy atom. The molecule has 0 saturated carbocycles.